The second-order valence-corrected chi connectivity index (χ2v) is 5.89. The number of benzene rings is 1. The first-order valence-electron chi connectivity index (χ1n) is 7.43. The highest BCUT2D eigenvalue weighted by Crippen LogP contribution is 2.45. The number of nitrogens with zero attached hydrogens (tertiary/aromatic N) is 1. The van der Waals surface area contributed by atoms with Gasteiger partial charge in [0.25, 0.3) is 0 Å². The van der Waals surface area contributed by atoms with E-state index in [9.17, 15) is 14.0 Å². The number of rotatable bonds is 3. The minimum Gasteiger partial charge on any atom is -0.479 e. The van der Waals surface area contributed by atoms with Gasteiger partial charge in [0.15, 0.2) is 6.10 Å². The van der Waals surface area contributed by atoms with Gasteiger partial charge in [-0.15, -0.1) is 0 Å². The highest BCUT2D eigenvalue weighted by molar-refractivity contribution is 5.90. The number of aliphatic carboxylic acids is 1. The second kappa shape index (κ2) is 5.68. The molecule has 1 atom stereocenters. The molecule has 1 aromatic carbocycles. The average Bonchev–Trinajstić information content (AvgIpc) is 2.46. The summed E-state index contributed by atoms with van der Waals surface area (Å²) in [4.78, 5) is 25.5. The molecule has 1 saturated carbocycles. The predicted octanol–water partition coefficient (Wildman–Crippen LogP) is 1.56. The Bertz CT molecular complexity index is 600. The molecule has 2 fully saturated rings. The zero-order valence-electron chi connectivity index (χ0n) is 12.1. The molecule has 1 heterocycles. The Kier molecular flexibility index (Phi) is 3.87. The summed E-state index contributed by atoms with van der Waals surface area (Å²) in [6, 6.07) is 6.15. The highest BCUT2D eigenvalue weighted by Gasteiger charge is 2.48. The summed E-state index contributed by atoms with van der Waals surface area (Å²) in [6.45, 7) is 0.632. The van der Waals surface area contributed by atoms with Crippen LogP contribution in [0.5, 0.6) is 0 Å². The maximum absolute atomic E-state index is 13.5. The van der Waals surface area contributed by atoms with Gasteiger partial charge in [0.1, 0.15) is 5.82 Å². The molecular weight excluding hydrogens is 289 g/mol. The summed E-state index contributed by atoms with van der Waals surface area (Å²) >= 11 is 0. The number of hydrogen-bond acceptors (Lipinski definition) is 3. The van der Waals surface area contributed by atoms with E-state index in [4.69, 9.17) is 9.84 Å². The van der Waals surface area contributed by atoms with Crippen molar-refractivity contribution in [2.24, 2.45) is 0 Å². The second-order valence-electron chi connectivity index (χ2n) is 5.89. The zero-order valence-corrected chi connectivity index (χ0v) is 12.1. The SMILES string of the molecule is O=C(O)[C@H]1CN(C(=O)C2(c3cccc(F)c3)CCC2)CCO1. The van der Waals surface area contributed by atoms with Gasteiger partial charge in [-0.05, 0) is 30.5 Å². The number of carbonyl (C=O) groups is 2. The van der Waals surface area contributed by atoms with Crippen LogP contribution in [0.1, 0.15) is 24.8 Å². The largest absolute Gasteiger partial charge is 0.479 e. The van der Waals surface area contributed by atoms with E-state index in [1.54, 1.807) is 17.0 Å². The van der Waals surface area contributed by atoms with Gasteiger partial charge < -0.3 is 14.7 Å². The van der Waals surface area contributed by atoms with Crippen molar-refractivity contribution in [3.05, 3.63) is 35.6 Å². The summed E-state index contributed by atoms with van der Waals surface area (Å²) in [6.07, 6.45) is 1.27. The fourth-order valence-corrected chi connectivity index (χ4v) is 3.23. The van der Waals surface area contributed by atoms with Gasteiger partial charge in [0.2, 0.25) is 5.91 Å². The fraction of sp³-hybridized carbons (Fsp3) is 0.500. The Morgan fingerprint density at radius 2 is 2.14 bits per heavy atom. The first-order valence-corrected chi connectivity index (χ1v) is 7.43. The van der Waals surface area contributed by atoms with E-state index in [0.717, 1.165) is 6.42 Å². The number of carboxylic acids is 1. The molecule has 2 aliphatic rings. The van der Waals surface area contributed by atoms with Crippen molar-refractivity contribution in [3.8, 4) is 0 Å². The zero-order chi connectivity index (χ0) is 15.7. The highest BCUT2D eigenvalue weighted by atomic mass is 19.1. The van der Waals surface area contributed by atoms with Crippen LogP contribution in [-0.4, -0.2) is 47.7 Å². The maximum atomic E-state index is 13.5. The number of halogens is 1. The molecule has 0 aromatic heterocycles. The van der Waals surface area contributed by atoms with Crippen LogP contribution in [0.3, 0.4) is 0 Å². The Morgan fingerprint density at radius 3 is 2.73 bits per heavy atom. The topological polar surface area (TPSA) is 66.8 Å². The lowest BCUT2D eigenvalue weighted by Crippen LogP contribution is -2.56. The monoisotopic (exact) mass is 307 g/mol. The average molecular weight is 307 g/mol. The molecule has 0 spiro atoms. The maximum Gasteiger partial charge on any atom is 0.334 e. The van der Waals surface area contributed by atoms with Crippen LogP contribution in [0.15, 0.2) is 24.3 Å². The lowest BCUT2D eigenvalue weighted by molar-refractivity contribution is -0.162. The van der Waals surface area contributed by atoms with Gasteiger partial charge in [0.05, 0.1) is 18.6 Å². The fourth-order valence-electron chi connectivity index (χ4n) is 3.23. The Labute approximate surface area is 127 Å². The standard InChI is InChI=1S/C16H18FNO4/c17-12-4-1-3-11(9-12)16(5-2-6-16)15(21)18-7-8-22-13(10-18)14(19)20/h1,3-4,9,13H,2,5-8,10H2,(H,19,20)/t13-/m1/s1. The Hall–Kier alpha value is -1.95. The molecule has 1 aliphatic carbocycles. The van der Waals surface area contributed by atoms with E-state index in [2.05, 4.69) is 0 Å². The van der Waals surface area contributed by atoms with E-state index < -0.39 is 17.5 Å². The van der Waals surface area contributed by atoms with Crippen LogP contribution < -0.4 is 0 Å². The van der Waals surface area contributed by atoms with Gasteiger partial charge in [0, 0.05) is 6.54 Å². The summed E-state index contributed by atoms with van der Waals surface area (Å²) < 4.78 is 18.7. The number of carboxylic acid groups (broad SMARTS) is 1. The van der Waals surface area contributed by atoms with Gasteiger partial charge in [-0.3, -0.25) is 4.79 Å². The number of morpholine rings is 1. The molecule has 118 valence electrons. The third kappa shape index (κ3) is 2.47. The lowest BCUT2D eigenvalue weighted by atomic mass is 9.63. The van der Waals surface area contributed by atoms with E-state index in [0.29, 0.717) is 24.9 Å². The third-order valence-corrected chi connectivity index (χ3v) is 4.62. The molecule has 1 aliphatic heterocycles. The van der Waals surface area contributed by atoms with E-state index in [-0.39, 0.29) is 24.9 Å². The van der Waals surface area contributed by atoms with Gasteiger partial charge in [-0.1, -0.05) is 18.6 Å². The van der Waals surface area contributed by atoms with Crippen LogP contribution in [0, 0.1) is 5.82 Å². The quantitative estimate of drug-likeness (QED) is 0.920. The molecule has 0 bridgehead atoms. The number of amides is 1. The lowest BCUT2D eigenvalue weighted by Gasteiger charge is -2.45. The van der Waals surface area contributed by atoms with Crippen molar-refractivity contribution in [3.63, 3.8) is 0 Å². The molecule has 6 heteroatoms. The van der Waals surface area contributed by atoms with Crippen LogP contribution in [0.4, 0.5) is 4.39 Å². The number of carbonyl (C=O) groups excluding carboxylic acids is 1. The molecular formula is C16H18FNO4. The van der Waals surface area contributed by atoms with Gasteiger partial charge in [-0.2, -0.15) is 0 Å². The van der Waals surface area contributed by atoms with Crippen molar-refractivity contribution in [2.75, 3.05) is 19.7 Å². The normalized spacial score (nSPS) is 23.7. The molecule has 1 N–H and O–H groups in total. The number of hydrogen-bond donors (Lipinski definition) is 1. The van der Waals surface area contributed by atoms with Crippen molar-refractivity contribution in [1.82, 2.24) is 4.90 Å². The minimum atomic E-state index is -1.06. The summed E-state index contributed by atoms with van der Waals surface area (Å²) in [5, 5.41) is 9.05. The van der Waals surface area contributed by atoms with Crippen LogP contribution in [-0.2, 0) is 19.7 Å². The molecule has 5 nitrogen and oxygen atoms in total. The first kappa shape index (κ1) is 15.0. The molecule has 3 rings (SSSR count). The molecule has 22 heavy (non-hydrogen) atoms. The van der Waals surface area contributed by atoms with E-state index in [1.807, 2.05) is 0 Å². The van der Waals surface area contributed by atoms with Crippen molar-refractivity contribution in [1.29, 1.82) is 0 Å². The number of ether oxygens (including phenoxy) is 1. The summed E-state index contributed by atoms with van der Waals surface area (Å²) in [5.74, 6) is -1.54. The minimum absolute atomic E-state index is 0.0469. The molecule has 0 radical (unpaired) electrons. The third-order valence-electron chi connectivity index (χ3n) is 4.62. The molecule has 1 saturated heterocycles. The summed E-state index contributed by atoms with van der Waals surface area (Å²) in [7, 11) is 0. The molecule has 0 unspecified atom stereocenters. The van der Waals surface area contributed by atoms with Crippen molar-refractivity contribution < 1.29 is 23.8 Å². The molecule has 1 aromatic rings. The van der Waals surface area contributed by atoms with Crippen molar-refractivity contribution >= 4 is 11.9 Å². The van der Waals surface area contributed by atoms with Crippen LogP contribution in [0.25, 0.3) is 0 Å². The van der Waals surface area contributed by atoms with E-state index in [1.165, 1.54) is 12.1 Å². The summed E-state index contributed by atoms with van der Waals surface area (Å²) in [5.41, 5.74) is -0.0233. The van der Waals surface area contributed by atoms with Crippen LogP contribution >= 0.6 is 0 Å². The van der Waals surface area contributed by atoms with Gasteiger partial charge >= 0.3 is 5.97 Å². The molecule has 1 amide bonds. The first-order chi connectivity index (χ1) is 10.5. The smallest absolute Gasteiger partial charge is 0.334 e. The van der Waals surface area contributed by atoms with Crippen LogP contribution in [0.2, 0.25) is 0 Å². The Balaban J connectivity index is 1.84. The van der Waals surface area contributed by atoms with Gasteiger partial charge in [-0.25, -0.2) is 9.18 Å². The van der Waals surface area contributed by atoms with Crippen molar-refractivity contribution in [2.45, 2.75) is 30.8 Å². The predicted molar refractivity (Wildman–Crippen MR) is 75.9 cm³/mol. The van der Waals surface area contributed by atoms with E-state index >= 15 is 0 Å². The Morgan fingerprint density at radius 1 is 1.36 bits per heavy atom.